The first-order valence-corrected chi connectivity index (χ1v) is 7.65. The van der Waals surface area contributed by atoms with Crippen LogP contribution in [0.1, 0.15) is 41.4 Å². The monoisotopic (exact) mass is 302 g/mol. The summed E-state index contributed by atoms with van der Waals surface area (Å²) in [6, 6.07) is 8.48. The van der Waals surface area contributed by atoms with Crippen LogP contribution >= 0.6 is 11.6 Å². The average molecular weight is 303 g/mol. The van der Waals surface area contributed by atoms with Crippen LogP contribution in [0.3, 0.4) is 0 Å². The van der Waals surface area contributed by atoms with Crippen LogP contribution in [0.4, 0.5) is 0 Å². The first-order valence-electron chi connectivity index (χ1n) is 7.12. The summed E-state index contributed by atoms with van der Waals surface area (Å²) in [6.07, 6.45) is 0. The Balaban J connectivity index is 2.23. The summed E-state index contributed by atoms with van der Waals surface area (Å²) >= 11 is 6.13. The number of rotatable bonds is 3. The molecule has 0 radical (unpaired) electrons. The van der Waals surface area contributed by atoms with E-state index in [2.05, 4.69) is 42.7 Å². The lowest BCUT2D eigenvalue weighted by Crippen LogP contribution is -2.10. The third-order valence-corrected chi connectivity index (χ3v) is 4.27. The predicted molar refractivity (Wildman–Crippen MR) is 86.0 cm³/mol. The second-order valence-corrected chi connectivity index (χ2v) is 5.79. The number of para-hydroxylation sites is 1. The highest BCUT2D eigenvalue weighted by atomic mass is 35.5. The molecule has 0 bridgehead atoms. The lowest BCUT2D eigenvalue weighted by atomic mass is 10.1. The van der Waals surface area contributed by atoms with Gasteiger partial charge in [0.25, 0.3) is 0 Å². The molecule has 0 saturated carbocycles. The number of alkyl halides is 1. The minimum Gasteiger partial charge on any atom is -0.466 e. The van der Waals surface area contributed by atoms with Gasteiger partial charge in [-0.2, -0.15) is 0 Å². The van der Waals surface area contributed by atoms with Gasteiger partial charge in [-0.15, -0.1) is 11.6 Å². The fraction of sp³-hybridized carbons (Fsp3) is 0.353. The van der Waals surface area contributed by atoms with Crippen molar-refractivity contribution >= 4 is 22.6 Å². The van der Waals surface area contributed by atoms with Gasteiger partial charge >= 0.3 is 0 Å². The summed E-state index contributed by atoms with van der Waals surface area (Å²) in [5.74, 6) is 3.18. The normalized spacial score (nSPS) is 13.0. The van der Waals surface area contributed by atoms with Crippen molar-refractivity contribution in [2.24, 2.45) is 0 Å². The lowest BCUT2D eigenvalue weighted by Gasteiger charge is -2.16. The van der Waals surface area contributed by atoms with E-state index in [4.69, 9.17) is 21.0 Å². The van der Waals surface area contributed by atoms with Gasteiger partial charge in [0.15, 0.2) is 0 Å². The Bertz CT molecular complexity index is 801. The van der Waals surface area contributed by atoms with Crippen molar-refractivity contribution < 1.29 is 4.42 Å². The molecule has 1 atom stereocenters. The molecule has 3 nitrogen and oxygen atoms in total. The lowest BCUT2D eigenvalue weighted by molar-refractivity contribution is 0.494. The van der Waals surface area contributed by atoms with Crippen molar-refractivity contribution in [3.05, 3.63) is 52.7 Å². The van der Waals surface area contributed by atoms with Crippen LogP contribution in [0.25, 0.3) is 11.0 Å². The van der Waals surface area contributed by atoms with Gasteiger partial charge in [0.1, 0.15) is 17.3 Å². The predicted octanol–water partition coefficient (Wildman–Crippen LogP) is 4.90. The van der Waals surface area contributed by atoms with Gasteiger partial charge in [-0.05, 0) is 45.4 Å². The molecule has 3 rings (SSSR count). The zero-order valence-electron chi connectivity index (χ0n) is 12.8. The van der Waals surface area contributed by atoms with Crippen molar-refractivity contribution in [1.29, 1.82) is 0 Å². The molecule has 1 unspecified atom stereocenters. The largest absolute Gasteiger partial charge is 0.466 e. The zero-order chi connectivity index (χ0) is 15.1. The first-order chi connectivity index (χ1) is 10.0. The fourth-order valence-corrected chi connectivity index (χ4v) is 3.22. The molecule has 110 valence electrons. The van der Waals surface area contributed by atoms with Gasteiger partial charge in [-0.1, -0.05) is 12.1 Å². The maximum atomic E-state index is 6.13. The molecule has 0 fully saturated rings. The van der Waals surface area contributed by atoms with E-state index in [0.717, 1.165) is 28.4 Å². The molecule has 0 N–H and O–H groups in total. The van der Waals surface area contributed by atoms with Crippen molar-refractivity contribution in [1.82, 2.24) is 9.55 Å². The van der Waals surface area contributed by atoms with E-state index < -0.39 is 0 Å². The van der Waals surface area contributed by atoms with Gasteiger partial charge in [-0.25, -0.2) is 4.98 Å². The van der Waals surface area contributed by atoms with E-state index >= 15 is 0 Å². The van der Waals surface area contributed by atoms with Gasteiger partial charge in [0.05, 0.1) is 23.0 Å². The molecule has 0 aliphatic rings. The molecular weight excluding hydrogens is 284 g/mol. The Morgan fingerprint density at radius 3 is 2.67 bits per heavy atom. The summed E-state index contributed by atoms with van der Waals surface area (Å²) in [7, 11) is 0. The number of aromatic nitrogens is 2. The van der Waals surface area contributed by atoms with E-state index in [-0.39, 0.29) is 6.04 Å². The highest BCUT2D eigenvalue weighted by molar-refractivity contribution is 6.16. The topological polar surface area (TPSA) is 31.0 Å². The molecule has 0 saturated heterocycles. The van der Waals surface area contributed by atoms with Gasteiger partial charge in [-0.3, -0.25) is 0 Å². The molecule has 1 aromatic carbocycles. The summed E-state index contributed by atoms with van der Waals surface area (Å²) in [5, 5.41) is 0. The second kappa shape index (κ2) is 5.23. The quantitative estimate of drug-likeness (QED) is 0.644. The second-order valence-electron chi connectivity index (χ2n) is 5.52. The summed E-state index contributed by atoms with van der Waals surface area (Å²) < 4.78 is 7.89. The Labute approximate surface area is 129 Å². The number of hydrogen-bond donors (Lipinski definition) is 0. The molecule has 2 heterocycles. The highest BCUT2D eigenvalue weighted by Gasteiger charge is 2.20. The SMILES string of the molecule is Cc1cc(C(C)n2c(CCl)nc3c(C)cccc32)c(C)o1. The maximum absolute atomic E-state index is 6.13. The fourth-order valence-electron chi connectivity index (χ4n) is 3.04. The van der Waals surface area contributed by atoms with E-state index in [1.807, 2.05) is 13.8 Å². The van der Waals surface area contributed by atoms with E-state index in [1.165, 1.54) is 11.1 Å². The third-order valence-electron chi connectivity index (χ3n) is 4.03. The zero-order valence-corrected chi connectivity index (χ0v) is 13.5. The van der Waals surface area contributed by atoms with Crippen molar-refractivity contribution in [2.45, 2.75) is 39.6 Å². The Kier molecular flexibility index (Phi) is 3.54. The molecule has 0 spiro atoms. The summed E-state index contributed by atoms with van der Waals surface area (Å²) in [4.78, 5) is 4.71. The molecule has 21 heavy (non-hydrogen) atoms. The van der Waals surface area contributed by atoms with Crippen LogP contribution < -0.4 is 0 Å². The summed E-state index contributed by atoms with van der Waals surface area (Å²) in [5.41, 5.74) is 4.50. The van der Waals surface area contributed by atoms with E-state index in [9.17, 15) is 0 Å². The molecule has 0 amide bonds. The third kappa shape index (κ3) is 2.26. The Morgan fingerprint density at radius 1 is 1.29 bits per heavy atom. The number of imidazole rings is 1. The number of furan rings is 1. The molecule has 2 aromatic heterocycles. The molecule has 4 heteroatoms. The number of benzene rings is 1. The van der Waals surface area contributed by atoms with Crippen LogP contribution in [0, 0.1) is 20.8 Å². The van der Waals surface area contributed by atoms with E-state index in [1.54, 1.807) is 0 Å². The highest BCUT2D eigenvalue weighted by Crippen LogP contribution is 2.31. The number of hydrogen-bond acceptors (Lipinski definition) is 2. The maximum Gasteiger partial charge on any atom is 0.125 e. The standard InChI is InChI=1S/C17H19ClN2O/c1-10-6-5-7-15-17(10)19-16(9-18)20(15)12(3)14-8-11(2)21-13(14)4/h5-8,12H,9H2,1-4H3. The molecule has 3 aromatic rings. The van der Waals surface area contributed by atoms with Crippen LogP contribution in [0.2, 0.25) is 0 Å². The molecule has 0 aliphatic heterocycles. The van der Waals surface area contributed by atoms with Crippen molar-refractivity contribution in [2.75, 3.05) is 0 Å². The van der Waals surface area contributed by atoms with Crippen molar-refractivity contribution in [3.63, 3.8) is 0 Å². The average Bonchev–Trinajstić information content (AvgIpc) is 2.99. The van der Waals surface area contributed by atoms with Crippen LogP contribution in [0.5, 0.6) is 0 Å². The minimum atomic E-state index is 0.142. The smallest absolute Gasteiger partial charge is 0.125 e. The minimum absolute atomic E-state index is 0.142. The number of nitrogens with zero attached hydrogens (tertiary/aromatic N) is 2. The molecule has 0 aliphatic carbocycles. The van der Waals surface area contributed by atoms with Crippen molar-refractivity contribution in [3.8, 4) is 0 Å². The number of aryl methyl sites for hydroxylation is 3. The van der Waals surface area contributed by atoms with Crippen LogP contribution in [0.15, 0.2) is 28.7 Å². The number of fused-ring (bicyclic) bond motifs is 1. The molecular formula is C17H19ClN2O. The Morgan fingerprint density at radius 2 is 2.05 bits per heavy atom. The van der Waals surface area contributed by atoms with Gasteiger partial charge < -0.3 is 8.98 Å². The van der Waals surface area contributed by atoms with Crippen LogP contribution in [-0.2, 0) is 5.88 Å². The summed E-state index contributed by atoms with van der Waals surface area (Å²) in [6.45, 7) is 8.22. The van der Waals surface area contributed by atoms with Gasteiger partial charge in [0.2, 0.25) is 0 Å². The van der Waals surface area contributed by atoms with Crippen LogP contribution in [-0.4, -0.2) is 9.55 Å². The van der Waals surface area contributed by atoms with E-state index in [0.29, 0.717) is 5.88 Å². The number of halogens is 1. The van der Waals surface area contributed by atoms with Gasteiger partial charge in [0, 0.05) is 5.56 Å². The first kappa shape index (κ1) is 14.2. The Hall–Kier alpha value is -1.74.